The molecule has 3 nitrogen and oxygen atoms in total. The summed E-state index contributed by atoms with van der Waals surface area (Å²) in [7, 11) is 0. The van der Waals surface area contributed by atoms with Crippen LogP contribution in [0.1, 0.15) is 30.9 Å². The van der Waals surface area contributed by atoms with Crippen LogP contribution in [0, 0.1) is 0 Å². The zero-order valence-corrected chi connectivity index (χ0v) is 18.5. The van der Waals surface area contributed by atoms with Crippen LogP contribution in [0.15, 0.2) is 83.9 Å². The van der Waals surface area contributed by atoms with Crippen molar-refractivity contribution in [2.24, 2.45) is 0 Å². The van der Waals surface area contributed by atoms with E-state index in [1.807, 2.05) is 56.3 Å². The molecule has 1 atom stereocenters. The second kappa shape index (κ2) is 8.64. The summed E-state index contributed by atoms with van der Waals surface area (Å²) in [5, 5.41) is 15.8. The molecule has 3 aromatic carbocycles. The van der Waals surface area contributed by atoms with Crippen molar-refractivity contribution in [1.82, 2.24) is 9.78 Å². The third-order valence-corrected chi connectivity index (χ3v) is 6.74. The minimum atomic E-state index is -4.84. The number of benzene rings is 3. The van der Waals surface area contributed by atoms with Gasteiger partial charge in [0, 0.05) is 16.0 Å². The summed E-state index contributed by atoms with van der Waals surface area (Å²) in [5.74, 6) is -0.378. The Labute approximate surface area is 188 Å². The van der Waals surface area contributed by atoms with Gasteiger partial charge in [-0.05, 0) is 47.4 Å². The van der Waals surface area contributed by atoms with Crippen LogP contribution in [0.25, 0.3) is 16.6 Å². The van der Waals surface area contributed by atoms with Gasteiger partial charge in [0.2, 0.25) is 0 Å². The first-order valence-electron chi connectivity index (χ1n) is 10.3. The molecule has 32 heavy (non-hydrogen) atoms. The van der Waals surface area contributed by atoms with Crippen LogP contribution in [-0.4, -0.2) is 26.8 Å². The zero-order valence-electron chi connectivity index (χ0n) is 17.7. The summed E-state index contributed by atoms with van der Waals surface area (Å²) in [6.45, 7) is 3.99. The van der Waals surface area contributed by atoms with Gasteiger partial charge in [0.05, 0.1) is 17.4 Å². The normalized spacial score (nSPS) is 14.1. The van der Waals surface area contributed by atoms with Crippen LogP contribution in [0.5, 0.6) is 0 Å². The number of alkyl halides is 3. The number of hydrogen-bond donors (Lipinski definition) is 1. The maximum Gasteiger partial charge on any atom is 0.422 e. The molecule has 7 heteroatoms. The Balaban J connectivity index is 1.70. The molecule has 4 rings (SSSR count). The molecule has 0 amide bonds. The average molecular weight is 457 g/mol. The topological polar surface area (TPSA) is 38.1 Å². The van der Waals surface area contributed by atoms with E-state index >= 15 is 0 Å². The number of fused-ring (bicyclic) bond motifs is 1. The molecule has 1 unspecified atom stereocenters. The number of para-hydroxylation sites is 1. The van der Waals surface area contributed by atoms with E-state index in [1.165, 1.54) is 18.3 Å². The van der Waals surface area contributed by atoms with Gasteiger partial charge in [-0.1, -0.05) is 56.3 Å². The first-order valence-corrected chi connectivity index (χ1v) is 11.2. The van der Waals surface area contributed by atoms with Crippen molar-refractivity contribution in [3.8, 4) is 5.69 Å². The Hall–Kier alpha value is -2.77. The maximum absolute atomic E-state index is 14.1. The quantitative estimate of drug-likeness (QED) is 0.329. The van der Waals surface area contributed by atoms with Crippen LogP contribution in [0.3, 0.4) is 0 Å². The minimum Gasteiger partial charge on any atom is -0.376 e. The van der Waals surface area contributed by atoms with Crippen molar-refractivity contribution in [1.29, 1.82) is 0 Å². The summed E-state index contributed by atoms with van der Waals surface area (Å²) >= 11 is 1.02. The predicted molar refractivity (Wildman–Crippen MR) is 122 cm³/mol. The average Bonchev–Trinajstić information content (AvgIpc) is 3.20. The van der Waals surface area contributed by atoms with Gasteiger partial charge in [0.1, 0.15) is 0 Å². The lowest BCUT2D eigenvalue weighted by atomic mass is 9.94. The molecule has 1 heterocycles. The monoisotopic (exact) mass is 456 g/mol. The summed E-state index contributed by atoms with van der Waals surface area (Å²) < 4.78 is 44.1. The molecule has 4 aromatic rings. The lowest BCUT2D eigenvalue weighted by Crippen LogP contribution is -2.44. The van der Waals surface area contributed by atoms with Gasteiger partial charge in [-0.2, -0.15) is 18.3 Å². The molecule has 0 fully saturated rings. The largest absolute Gasteiger partial charge is 0.422 e. The fourth-order valence-electron chi connectivity index (χ4n) is 3.67. The molecule has 166 valence electrons. The number of hydrogen-bond acceptors (Lipinski definition) is 3. The highest BCUT2D eigenvalue weighted by Crippen LogP contribution is 2.44. The molecule has 0 saturated carbocycles. The van der Waals surface area contributed by atoms with Gasteiger partial charge in [0.25, 0.3) is 0 Å². The van der Waals surface area contributed by atoms with Gasteiger partial charge >= 0.3 is 6.18 Å². The number of thioether (sulfide) groups is 1. The lowest BCUT2D eigenvalue weighted by molar-refractivity contribution is -0.256. The molecule has 0 radical (unpaired) electrons. The molecular weight excluding hydrogens is 433 g/mol. The van der Waals surface area contributed by atoms with Crippen molar-refractivity contribution < 1.29 is 18.3 Å². The number of halogens is 3. The molecule has 0 aliphatic carbocycles. The Morgan fingerprint density at radius 3 is 2.34 bits per heavy atom. The molecule has 0 aliphatic heterocycles. The number of aliphatic hydroxyl groups is 1. The highest BCUT2D eigenvalue weighted by molar-refractivity contribution is 7.99. The van der Waals surface area contributed by atoms with Crippen molar-refractivity contribution >= 4 is 22.7 Å². The van der Waals surface area contributed by atoms with E-state index in [0.717, 1.165) is 27.9 Å². The van der Waals surface area contributed by atoms with E-state index in [4.69, 9.17) is 0 Å². The first kappa shape index (κ1) is 22.4. The Morgan fingerprint density at radius 1 is 0.969 bits per heavy atom. The van der Waals surface area contributed by atoms with Crippen LogP contribution < -0.4 is 0 Å². The second-order valence-corrected chi connectivity index (χ2v) is 9.02. The van der Waals surface area contributed by atoms with E-state index in [0.29, 0.717) is 10.9 Å². The van der Waals surface area contributed by atoms with Gasteiger partial charge in [0.15, 0.2) is 5.60 Å². The Kier molecular flexibility index (Phi) is 6.05. The summed E-state index contributed by atoms with van der Waals surface area (Å²) in [6, 6.07) is 21.0. The maximum atomic E-state index is 14.1. The van der Waals surface area contributed by atoms with Gasteiger partial charge in [-0.3, -0.25) is 0 Å². The fraction of sp³-hybridized carbons (Fsp3) is 0.240. The smallest absolute Gasteiger partial charge is 0.376 e. The van der Waals surface area contributed by atoms with E-state index in [1.54, 1.807) is 22.9 Å². The molecule has 1 aromatic heterocycles. The molecule has 0 aliphatic rings. The third-order valence-electron chi connectivity index (χ3n) is 5.49. The van der Waals surface area contributed by atoms with Crippen molar-refractivity contribution in [3.63, 3.8) is 0 Å². The third kappa shape index (κ3) is 4.14. The highest BCUT2D eigenvalue weighted by Gasteiger charge is 2.55. The number of aromatic nitrogens is 2. The molecular formula is C25H23F3N2OS. The van der Waals surface area contributed by atoms with E-state index in [9.17, 15) is 18.3 Å². The van der Waals surface area contributed by atoms with E-state index in [-0.39, 0.29) is 11.5 Å². The molecule has 0 spiro atoms. The Bertz CT molecular complexity index is 1220. The minimum absolute atomic E-state index is 0.165. The molecule has 0 bridgehead atoms. The summed E-state index contributed by atoms with van der Waals surface area (Å²) in [5.41, 5.74) is -0.754. The van der Waals surface area contributed by atoms with Crippen molar-refractivity contribution in [2.45, 2.75) is 36.4 Å². The number of nitrogens with zero attached hydrogens (tertiary/aromatic N) is 2. The standard InChI is InChI=1S/C25H23F3N2OS/c1-17(2)21-10-6-7-11-23(21)32-16-24(31,25(26,27)28)19-12-13-22-18(14-19)15-29-30(22)20-8-4-3-5-9-20/h3-15,17,31H,16H2,1-2H3. The predicted octanol–water partition coefficient (Wildman–Crippen LogP) is 6.69. The molecule has 1 N–H and O–H groups in total. The van der Waals surface area contributed by atoms with E-state index in [2.05, 4.69) is 5.10 Å². The lowest BCUT2D eigenvalue weighted by Gasteiger charge is -2.31. The Morgan fingerprint density at radius 2 is 1.66 bits per heavy atom. The second-order valence-electron chi connectivity index (χ2n) is 8.00. The first-order chi connectivity index (χ1) is 15.2. The number of rotatable bonds is 6. The molecule has 0 saturated heterocycles. The van der Waals surface area contributed by atoms with Gasteiger partial charge < -0.3 is 5.11 Å². The SMILES string of the molecule is CC(C)c1ccccc1SCC(O)(c1ccc2c(cnn2-c2ccccc2)c1)C(F)(F)F. The van der Waals surface area contributed by atoms with Gasteiger partial charge in [-0.15, -0.1) is 11.8 Å². The van der Waals surface area contributed by atoms with E-state index < -0.39 is 17.5 Å². The van der Waals surface area contributed by atoms with Crippen molar-refractivity contribution in [2.75, 3.05) is 5.75 Å². The van der Waals surface area contributed by atoms with Gasteiger partial charge in [-0.25, -0.2) is 4.68 Å². The summed E-state index contributed by atoms with van der Waals surface area (Å²) in [4.78, 5) is 0.739. The van der Waals surface area contributed by atoms with Crippen LogP contribution in [-0.2, 0) is 5.60 Å². The fourth-order valence-corrected chi connectivity index (χ4v) is 5.01. The summed E-state index contributed by atoms with van der Waals surface area (Å²) in [6.07, 6.45) is -3.32. The van der Waals surface area contributed by atoms with Crippen molar-refractivity contribution in [3.05, 3.63) is 90.1 Å². The van der Waals surface area contributed by atoms with Crippen LogP contribution in [0.4, 0.5) is 13.2 Å². The highest BCUT2D eigenvalue weighted by atomic mass is 32.2. The van der Waals surface area contributed by atoms with Crippen LogP contribution in [0.2, 0.25) is 0 Å². The zero-order chi connectivity index (χ0) is 22.9. The van der Waals surface area contributed by atoms with Crippen LogP contribution >= 0.6 is 11.8 Å².